The highest BCUT2D eigenvalue weighted by molar-refractivity contribution is 14.1. The van der Waals surface area contributed by atoms with Crippen molar-refractivity contribution in [2.75, 3.05) is 5.73 Å². The van der Waals surface area contributed by atoms with Crippen molar-refractivity contribution in [1.82, 2.24) is 9.97 Å². The van der Waals surface area contributed by atoms with Gasteiger partial charge in [0.15, 0.2) is 11.6 Å². The van der Waals surface area contributed by atoms with E-state index in [1.165, 1.54) is 0 Å². The first-order valence-electron chi connectivity index (χ1n) is 6.00. The van der Waals surface area contributed by atoms with Crippen LogP contribution in [0, 0.1) is 3.57 Å². The van der Waals surface area contributed by atoms with Crippen LogP contribution in [-0.4, -0.2) is 9.97 Å². The predicted octanol–water partition coefficient (Wildman–Crippen LogP) is 3.64. The second-order valence-corrected chi connectivity index (χ2v) is 5.27. The van der Waals surface area contributed by atoms with Gasteiger partial charge in [0.2, 0.25) is 0 Å². The van der Waals surface area contributed by atoms with Crippen LogP contribution in [0.5, 0.6) is 0 Å². The molecule has 96 valence electrons. The van der Waals surface area contributed by atoms with Crippen LogP contribution in [0.1, 0.15) is 12.6 Å². The fourth-order valence-corrected chi connectivity index (χ4v) is 2.57. The van der Waals surface area contributed by atoms with Gasteiger partial charge in [-0.1, -0.05) is 25.1 Å². The van der Waals surface area contributed by atoms with Crippen molar-refractivity contribution in [2.24, 2.45) is 0 Å². The summed E-state index contributed by atoms with van der Waals surface area (Å²) in [6.45, 7) is 2.05. The number of halogens is 1. The molecule has 0 bridgehead atoms. The first-order valence-corrected chi connectivity index (χ1v) is 7.07. The summed E-state index contributed by atoms with van der Waals surface area (Å²) in [7, 11) is 0. The Balaban J connectivity index is 2.18. The maximum Gasteiger partial charge on any atom is 0.197 e. The van der Waals surface area contributed by atoms with Crippen LogP contribution < -0.4 is 5.73 Å². The second-order valence-electron chi connectivity index (χ2n) is 4.20. The Morgan fingerprint density at radius 2 is 2.05 bits per heavy atom. The van der Waals surface area contributed by atoms with E-state index in [0.29, 0.717) is 17.4 Å². The van der Waals surface area contributed by atoms with E-state index in [1.54, 1.807) is 0 Å². The molecule has 0 unspecified atom stereocenters. The minimum absolute atomic E-state index is 0.503. The Bertz CT molecular complexity index is 719. The normalized spacial score (nSPS) is 11.1. The Morgan fingerprint density at radius 1 is 1.26 bits per heavy atom. The van der Waals surface area contributed by atoms with Gasteiger partial charge >= 0.3 is 0 Å². The van der Waals surface area contributed by atoms with Crippen LogP contribution in [0.15, 0.2) is 34.7 Å². The summed E-state index contributed by atoms with van der Waals surface area (Å²) in [5, 5.41) is 1.04. The van der Waals surface area contributed by atoms with E-state index in [0.717, 1.165) is 26.7 Å². The van der Waals surface area contributed by atoms with E-state index >= 15 is 0 Å². The van der Waals surface area contributed by atoms with Gasteiger partial charge < -0.3 is 10.2 Å². The van der Waals surface area contributed by atoms with Gasteiger partial charge in [-0.05, 0) is 41.1 Å². The summed E-state index contributed by atoms with van der Waals surface area (Å²) in [4.78, 5) is 8.84. The molecular weight excluding hydrogens is 353 g/mol. The highest BCUT2D eigenvalue weighted by atomic mass is 127. The molecule has 3 aromatic rings. The molecule has 2 heterocycles. The quantitative estimate of drug-likeness (QED) is 0.705. The largest absolute Gasteiger partial charge is 0.453 e. The van der Waals surface area contributed by atoms with Gasteiger partial charge in [-0.2, -0.15) is 0 Å². The number of furan rings is 1. The van der Waals surface area contributed by atoms with Crippen molar-refractivity contribution in [3.63, 3.8) is 0 Å². The molecule has 0 atom stereocenters. The maximum atomic E-state index is 5.93. The Labute approximate surface area is 124 Å². The Hall–Kier alpha value is -1.63. The van der Waals surface area contributed by atoms with Gasteiger partial charge in [0.1, 0.15) is 11.4 Å². The standard InChI is InChI=1S/C14H12IN3O/c1-2-9-12(15)13(16)18-14(17-9)11-7-8-5-3-4-6-10(8)19-11/h3-7H,2H2,1H3,(H2,16,17,18). The average molecular weight is 365 g/mol. The number of rotatable bonds is 2. The lowest BCUT2D eigenvalue weighted by Gasteiger charge is -2.05. The van der Waals surface area contributed by atoms with E-state index in [4.69, 9.17) is 10.2 Å². The van der Waals surface area contributed by atoms with Crippen LogP contribution >= 0.6 is 22.6 Å². The van der Waals surface area contributed by atoms with E-state index in [9.17, 15) is 0 Å². The number of anilines is 1. The Morgan fingerprint density at radius 3 is 2.79 bits per heavy atom. The van der Waals surface area contributed by atoms with E-state index in [2.05, 4.69) is 32.6 Å². The summed E-state index contributed by atoms with van der Waals surface area (Å²) in [5.74, 6) is 1.70. The first-order chi connectivity index (χ1) is 9.19. The van der Waals surface area contributed by atoms with Gasteiger partial charge in [-0.25, -0.2) is 9.97 Å². The number of nitrogen functional groups attached to an aromatic ring is 1. The van der Waals surface area contributed by atoms with Gasteiger partial charge in [0, 0.05) is 5.39 Å². The molecule has 2 aromatic heterocycles. The smallest absolute Gasteiger partial charge is 0.197 e. The molecule has 0 radical (unpaired) electrons. The van der Waals surface area contributed by atoms with Gasteiger partial charge in [-0.3, -0.25) is 0 Å². The van der Waals surface area contributed by atoms with E-state index < -0.39 is 0 Å². The SMILES string of the molecule is CCc1nc(-c2cc3ccccc3o2)nc(N)c1I. The van der Waals surface area contributed by atoms with Crippen LogP contribution in [-0.2, 0) is 6.42 Å². The zero-order chi connectivity index (χ0) is 13.4. The van der Waals surface area contributed by atoms with Crippen molar-refractivity contribution in [3.8, 4) is 11.6 Å². The molecule has 0 aliphatic carbocycles. The first kappa shape index (κ1) is 12.4. The van der Waals surface area contributed by atoms with Crippen molar-refractivity contribution < 1.29 is 4.42 Å². The molecule has 19 heavy (non-hydrogen) atoms. The number of para-hydroxylation sites is 1. The van der Waals surface area contributed by atoms with Gasteiger partial charge in [0.25, 0.3) is 0 Å². The molecule has 0 saturated carbocycles. The van der Waals surface area contributed by atoms with Crippen LogP contribution in [0.25, 0.3) is 22.6 Å². The van der Waals surface area contributed by atoms with Gasteiger partial charge in [0.05, 0.1) is 9.26 Å². The third-order valence-electron chi connectivity index (χ3n) is 2.93. The topological polar surface area (TPSA) is 64.9 Å². The number of hydrogen-bond acceptors (Lipinski definition) is 4. The minimum Gasteiger partial charge on any atom is -0.453 e. The van der Waals surface area contributed by atoms with Crippen molar-refractivity contribution >= 4 is 39.4 Å². The molecule has 2 N–H and O–H groups in total. The molecular formula is C14H12IN3O. The predicted molar refractivity (Wildman–Crippen MR) is 83.7 cm³/mol. The summed E-state index contributed by atoms with van der Waals surface area (Å²) in [6, 6.07) is 9.78. The van der Waals surface area contributed by atoms with Crippen LogP contribution in [0.4, 0.5) is 5.82 Å². The average Bonchev–Trinajstić information content (AvgIpc) is 2.85. The summed E-state index contributed by atoms with van der Waals surface area (Å²) in [5.41, 5.74) is 7.71. The molecule has 3 rings (SSSR count). The van der Waals surface area contributed by atoms with Crippen LogP contribution in [0.3, 0.4) is 0 Å². The summed E-state index contributed by atoms with van der Waals surface area (Å²) in [6.07, 6.45) is 0.818. The highest BCUT2D eigenvalue weighted by Gasteiger charge is 2.13. The second kappa shape index (κ2) is 4.80. The zero-order valence-electron chi connectivity index (χ0n) is 10.4. The van der Waals surface area contributed by atoms with E-state index in [-0.39, 0.29) is 0 Å². The molecule has 0 aliphatic rings. The number of benzene rings is 1. The molecule has 0 amide bonds. The number of aryl methyl sites for hydroxylation is 1. The molecule has 0 spiro atoms. The van der Waals surface area contributed by atoms with Gasteiger partial charge in [-0.15, -0.1) is 0 Å². The molecule has 0 fully saturated rings. The monoisotopic (exact) mass is 365 g/mol. The zero-order valence-corrected chi connectivity index (χ0v) is 12.5. The molecule has 0 saturated heterocycles. The third kappa shape index (κ3) is 2.18. The molecule has 1 aromatic carbocycles. The molecule has 4 nitrogen and oxygen atoms in total. The maximum absolute atomic E-state index is 5.93. The van der Waals surface area contributed by atoms with Crippen molar-refractivity contribution in [3.05, 3.63) is 39.6 Å². The van der Waals surface area contributed by atoms with Crippen LogP contribution in [0.2, 0.25) is 0 Å². The lowest BCUT2D eigenvalue weighted by Crippen LogP contribution is -2.03. The highest BCUT2D eigenvalue weighted by Crippen LogP contribution is 2.27. The molecule has 5 heteroatoms. The number of aromatic nitrogens is 2. The Kier molecular flexibility index (Phi) is 3.14. The van der Waals surface area contributed by atoms with Crippen molar-refractivity contribution in [1.29, 1.82) is 0 Å². The number of hydrogen-bond donors (Lipinski definition) is 1. The lowest BCUT2D eigenvalue weighted by atomic mass is 10.2. The summed E-state index contributed by atoms with van der Waals surface area (Å²) >= 11 is 2.17. The lowest BCUT2D eigenvalue weighted by molar-refractivity contribution is 0.624. The fourth-order valence-electron chi connectivity index (χ4n) is 1.95. The van der Waals surface area contributed by atoms with Crippen molar-refractivity contribution in [2.45, 2.75) is 13.3 Å². The van der Waals surface area contributed by atoms with E-state index in [1.807, 2.05) is 37.3 Å². The number of nitrogens with two attached hydrogens (primary N) is 1. The summed E-state index contributed by atoms with van der Waals surface area (Å²) < 4.78 is 6.68. The fraction of sp³-hybridized carbons (Fsp3) is 0.143. The number of fused-ring (bicyclic) bond motifs is 1. The molecule has 0 aliphatic heterocycles. The third-order valence-corrected chi connectivity index (χ3v) is 4.10. The number of nitrogens with zero attached hydrogens (tertiary/aromatic N) is 2. The minimum atomic E-state index is 0.503.